The molecule has 0 saturated heterocycles. The molecule has 2 aromatic heterocycles. The highest BCUT2D eigenvalue weighted by molar-refractivity contribution is 7.26. The second kappa shape index (κ2) is 11.9. The summed E-state index contributed by atoms with van der Waals surface area (Å²) in [6, 6.07) is 68.0. The number of fused-ring (bicyclic) bond motifs is 10. The number of benzene rings is 9. The van der Waals surface area contributed by atoms with Crippen LogP contribution in [0.1, 0.15) is 0 Å². The Morgan fingerprint density at radius 2 is 1.02 bits per heavy atom. The van der Waals surface area contributed by atoms with Gasteiger partial charge in [0.25, 0.3) is 0 Å². The van der Waals surface area contributed by atoms with Gasteiger partial charge in [-0.2, -0.15) is 0 Å². The lowest BCUT2D eigenvalue weighted by atomic mass is 10.00. The van der Waals surface area contributed by atoms with Gasteiger partial charge in [0.2, 0.25) is 0 Å². The molecule has 0 fully saturated rings. The maximum atomic E-state index is 6.58. The third kappa shape index (κ3) is 4.93. The third-order valence-electron chi connectivity index (χ3n) is 10.6. The van der Waals surface area contributed by atoms with Crippen LogP contribution in [0, 0.1) is 0 Å². The summed E-state index contributed by atoms with van der Waals surface area (Å²) in [4.78, 5) is 2.39. The van der Waals surface area contributed by atoms with Crippen LogP contribution < -0.4 is 4.90 Å². The van der Waals surface area contributed by atoms with Crippen LogP contribution in [-0.2, 0) is 0 Å². The van der Waals surface area contributed by atoms with E-state index < -0.39 is 0 Å². The molecule has 9 aromatic carbocycles. The molecular formula is C50H31NOS. The van der Waals surface area contributed by atoms with Gasteiger partial charge in [0.1, 0.15) is 11.2 Å². The van der Waals surface area contributed by atoms with Crippen molar-refractivity contribution < 1.29 is 4.42 Å². The number of hydrogen-bond donors (Lipinski definition) is 0. The van der Waals surface area contributed by atoms with Gasteiger partial charge in [-0.15, -0.1) is 11.3 Å². The molecule has 11 rings (SSSR count). The van der Waals surface area contributed by atoms with E-state index in [1.807, 2.05) is 11.3 Å². The smallest absolute Gasteiger partial charge is 0.143 e. The molecule has 2 nitrogen and oxygen atoms in total. The van der Waals surface area contributed by atoms with Crippen molar-refractivity contribution in [2.75, 3.05) is 4.90 Å². The van der Waals surface area contributed by atoms with E-state index in [-0.39, 0.29) is 0 Å². The van der Waals surface area contributed by atoms with Crippen molar-refractivity contribution in [3.63, 3.8) is 0 Å². The van der Waals surface area contributed by atoms with E-state index in [9.17, 15) is 0 Å². The van der Waals surface area contributed by atoms with Gasteiger partial charge in [-0.3, -0.25) is 0 Å². The summed E-state index contributed by atoms with van der Waals surface area (Å²) in [7, 11) is 0. The lowest BCUT2D eigenvalue weighted by Gasteiger charge is -2.26. The number of nitrogens with zero attached hydrogens (tertiary/aromatic N) is 1. The number of hydrogen-bond acceptors (Lipinski definition) is 3. The molecule has 0 aliphatic rings. The van der Waals surface area contributed by atoms with Crippen molar-refractivity contribution >= 4 is 92.1 Å². The number of anilines is 3. The second-order valence-corrected chi connectivity index (χ2v) is 14.8. The molecule has 53 heavy (non-hydrogen) atoms. The van der Waals surface area contributed by atoms with E-state index in [0.717, 1.165) is 33.6 Å². The molecule has 2 heterocycles. The zero-order valence-electron chi connectivity index (χ0n) is 28.7. The van der Waals surface area contributed by atoms with Crippen molar-refractivity contribution in [2.24, 2.45) is 0 Å². The van der Waals surface area contributed by atoms with Crippen LogP contribution in [0.3, 0.4) is 0 Å². The molecule has 11 aromatic rings. The first-order chi connectivity index (χ1) is 26.2. The Morgan fingerprint density at radius 3 is 1.91 bits per heavy atom. The largest absolute Gasteiger partial charge is 0.455 e. The van der Waals surface area contributed by atoms with Crippen LogP contribution in [0.5, 0.6) is 0 Å². The number of furan rings is 1. The molecule has 248 valence electrons. The summed E-state index contributed by atoms with van der Waals surface area (Å²) in [6.07, 6.45) is 0. The minimum absolute atomic E-state index is 0.929. The van der Waals surface area contributed by atoms with Gasteiger partial charge in [0.05, 0.1) is 0 Å². The van der Waals surface area contributed by atoms with Crippen LogP contribution in [0.15, 0.2) is 192 Å². The Kier molecular flexibility index (Phi) is 6.76. The molecule has 0 radical (unpaired) electrons. The van der Waals surface area contributed by atoms with Crippen molar-refractivity contribution in [3.05, 3.63) is 188 Å². The van der Waals surface area contributed by atoms with Crippen molar-refractivity contribution in [1.29, 1.82) is 0 Å². The highest BCUT2D eigenvalue weighted by atomic mass is 32.1. The Labute approximate surface area is 310 Å². The quantitative estimate of drug-likeness (QED) is 0.178. The number of rotatable bonds is 5. The fourth-order valence-corrected chi connectivity index (χ4v) is 9.21. The minimum atomic E-state index is 0.929. The normalized spacial score (nSPS) is 11.8. The Balaban J connectivity index is 1.08. The molecular weight excluding hydrogens is 663 g/mol. The molecule has 0 N–H and O–H groups in total. The lowest BCUT2D eigenvalue weighted by Crippen LogP contribution is -2.09. The van der Waals surface area contributed by atoms with E-state index >= 15 is 0 Å². The van der Waals surface area contributed by atoms with Crippen LogP contribution in [0.25, 0.3) is 85.9 Å². The van der Waals surface area contributed by atoms with Crippen LogP contribution in [0.4, 0.5) is 17.1 Å². The van der Waals surface area contributed by atoms with E-state index in [2.05, 4.69) is 193 Å². The van der Waals surface area contributed by atoms with E-state index in [0.29, 0.717) is 0 Å². The standard InChI is InChI=1S/C50H31NOS/c1-2-9-32(10-3-1)34-19-22-39(23-20-34)51(40-15-8-14-37(30-40)38-18-17-33-11-4-5-13-36(33)29-38)41-24-26-43-47(31-41)53-46-28-27-45-48(49(43)46)44-25-21-35-12-6-7-16-42(35)50(44)52-45/h1-31H. The molecule has 0 bridgehead atoms. The van der Waals surface area contributed by atoms with E-state index in [1.54, 1.807) is 0 Å². The van der Waals surface area contributed by atoms with Gasteiger partial charge in [-0.25, -0.2) is 0 Å². The monoisotopic (exact) mass is 693 g/mol. The highest BCUT2D eigenvalue weighted by Gasteiger charge is 2.19. The molecule has 0 saturated carbocycles. The topological polar surface area (TPSA) is 16.4 Å². The molecule has 3 heteroatoms. The van der Waals surface area contributed by atoms with Crippen molar-refractivity contribution in [2.45, 2.75) is 0 Å². The second-order valence-electron chi connectivity index (χ2n) is 13.7. The predicted octanol–water partition coefficient (Wildman–Crippen LogP) is 15.1. The highest BCUT2D eigenvalue weighted by Crippen LogP contribution is 2.46. The lowest BCUT2D eigenvalue weighted by molar-refractivity contribution is 0.673. The Morgan fingerprint density at radius 1 is 0.358 bits per heavy atom. The summed E-state index contributed by atoms with van der Waals surface area (Å²) in [6.45, 7) is 0. The van der Waals surface area contributed by atoms with Gasteiger partial charge in [0.15, 0.2) is 0 Å². The zero-order valence-corrected chi connectivity index (χ0v) is 29.5. The van der Waals surface area contributed by atoms with Crippen LogP contribution in [-0.4, -0.2) is 0 Å². The Bertz CT molecular complexity index is 3170. The third-order valence-corrected chi connectivity index (χ3v) is 11.7. The van der Waals surface area contributed by atoms with Crippen LogP contribution in [0.2, 0.25) is 0 Å². The van der Waals surface area contributed by atoms with Gasteiger partial charge in [-0.1, -0.05) is 127 Å². The number of thiophene rings is 1. The summed E-state index contributed by atoms with van der Waals surface area (Å²) in [5.41, 5.74) is 10.0. The summed E-state index contributed by atoms with van der Waals surface area (Å²) in [5, 5.41) is 9.70. The fraction of sp³-hybridized carbons (Fsp3) is 0. The average Bonchev–Trinajstić information content (AvgIpc) is 3.80. The Hall–Kier alpha value is -6.68. The van der Waals surface area contributed by atoms with Crippen LogP contribution >= 0.6 is 11.3 Å². The van der Waals surface area contributed by atoms with Gasteiger partial charge in [-0.05, 0) is 99.1 Å². The first-order valence-electron chi connectivity index (χ1n) is 18.0. The molecule has 0 unspecified atom stereocenters. The fourth-order valence-electron chi connectivity index (χ4n) is 8.06. The zero-order chi connectivity index (χ0) is 34.9. The van der Waals surface area contributed by atoms with Gasteiger partial charge < -0.3 is 9.32 Å². The van der Waals surface area contributed by atoms with Gasteiger partial charge >= 0.3 is 0 Å². The average molecular weight is 694 g/mol. The summed E-state index contributed by atoms with van der Waals surface area (Å²) >= 11 is 1.85. The van der Waals surface area contributed by atoms with Gasteiger partial charge in [0, 0.05) is 53.4 Å². The molecule has 0 atom stereocenters. The van der Waals surface area contributed by atoms with Crippen molar-refractivity contribution in [3.8, 4) is 22.3 Å². The maximum Gasteiger partial charge on any atom is 0.143 e. The molecule has 0 aliphatic heterocycles. The SMILES string of the molecule is c1ccc(-c2ccc(N(c3cccc(-c4ccc5ccccc5c4)c3)c3ccc4c(c3)sc3ccc5oc6c7ccccc7ccc6c5c34)cc2)cc1. The maximum absolute atomic E-state index is 6.58. The van der Waals surface area contributed by atoms with Crippen molar-refractivity contribution in [1.82, 2.24) is 0 Å². The molecule has 0 spiro atoms. The first-order valence-corrected chi connectivity index (χ1v) is 18.8. The van der Waals surface area contributed by atoms with E-state index in [4.69, 9.17) is 4.42 Å². The summed E-state index contributed by atoms with van der Waals surface area (Å²) < 4.78 is 9.09. The summed E-state index contributed by atoms with van der Waals surface area (Å²) in [5.74, 6) is 0. The first kappa shape index (κ1) is 30.0. The minimum Gasteiger partial charge on any atom is -0.455 e. The predicted molar refractivity (Wildman–Crippen MR) is 227 cm³/mol. The molecule has 0 amide bonds. The molecule has 0 aliphatic carbocycles. The van der Waals surface area contributed by atoms with E-state index in [1.165, 1.54) is 69.4 Å².